The smallest absolute Gasteiger partial charge is 0.300 e. The van der Waals surface area contributed by atoms with Crippen molar-refractivity contribution in [2.75, 3.05) is 11.5 Å². The van der Waals surface area contributed by atoms with Gasteiger partial charge in [-0.05, 0) is 80.8 Å². The first-order chi connectivity index (χ1) is 15.8. The van der Waals surface area contributed by atoms with Gasteiger partial charge in [0.25, 0.3) is 11.7 Å². The number of Topliss-reactive ketones (excluding diaryl/α,β-unsaturated/α-hetero) is 1. The summed E-state index contributed by atoms with van der Waals surface area (Å²) in [5.41, 5.74) is 4.28. The molecule has 1 N–H and O–H groups in total. The van der Waals surface area contributed by atoms with Crippen LogP contribution in [0.1, 0.15) is 40.9 Å². The molecule has 0 spiro atoms. The highest BCUT2D eigenvalue weighted by Gasteiger charge is 2.48. The Morgan fingerprint density at radius 2 is 1.82 bits per heavy atom. The van der Waals surface area contributed by atoms with E-state index in [1.54, 1.807) is 42.6 Å². The molecule has 6 nitrogen and oxygen atoms in total. The highest BCUT2D eigenvalue weighted by atomic mass is 16.5. The Hall–Kier alpha value is -3.93. The molecule has 1 aliphatic rings. The lowest BCUT2D eigenvalue weighted by atomic mass is 9.97. The molecule has 0 saturated carbocycles. The molecule has 2 heterocycles. The highest BCUT2D eigenvalue weighted by Crippen LogP contribution is 2.43. The number of aliphatic hydroxyl groups is 1. The summed E-state index contributed by atoms with van der Waals surface area (Å²) in [6, 6.07) is 15.3. The van der Waals surface area contributed by atoms with Gasteiger partial charge in [-0.1, -0.05) is 18.2 Å². The molecular weight excluding hydrogens is 416 g/mol. The molecule has 1 amide bonds. The van der Waals surface area contributed by atoms with Crippen LogP contribution in [-0.2, 0) is 9.59 Å². The third kappa shape index (κ3) is 3.89. The summed E-state index contributed by atoms with van der Waals surface area (Å²) in [5, 5.41) is 11.3. The van der Waals surface area contributed by atoms with Crippen molar-refractivity contribution < 1.29 is 19.4 Å². The number of hydrogen-bond acceptors (Lipinski definition) is 5. The summed E-state index contributed by atoms with van der Waals surface area (Å²) in [7, 11) is 0. The number of rotatable bonds is 5. The summed E-state index contributed by atoms with van der Waals surface area (Å²) in [6.45, 7) is 8.15. The molecule has 33 heavy (non-hydrogen) atoms. The van der Waals surface area contributed by atoms with Crippen LogP contribution in [0.3, 0.4) is 0 Å². The van der Waals surface area contributed by atoms with E-state index in [1.165, 1.54) is 4.90 Å². The van der Waals surface area contributed by atoms with Crippen LogP contribution >= 0.6 is 0 Å². The van der Waals surface area contributed by atoms with Gasteiger partial charge in [0.2, 0.25) is 0 Å². The average Bonchev–Trinajstić information content (AvgIpc) is 3.08. The number of benzene rings is 2. The van der Waals surface area contributed by atoms with Crippen LogP contribution in [-0.4, -0.2) is 28.4 Å². The van der Waals surface area contributed by atoms with Crippen molar-refractivity contribution in [3.8, 4) is 5.75 Å². The summed E-state index contributed by atoms with van der Waals surface area (Å²) < 4.78 is 5.59. The van der Waals surface area contributed by atoms with Gasteiger partial charge >= 0.3 is 0 Å². The zero-order valence-corrected chi connectivity index (χ0v) is 19.1. The fourth-order valence-electron chi connectivity index (χ4n) is 4.16. The minimum Gasteiger partial charge on any atom is -0.507 e. The average molecular weight is 443 g/mol. The Labute approximate surface area is 193 Å². The van der Waals surface area contributed by atoms with Crippen LogP contribution in [0.2, 0.25) is 0 Å². The van der Waals surface area contributed by atoms with E-state index in [9.17, 15) is 14.7 Å². The van der Waals surface area contributed by atoms with Crippen molar-refractivity contribution in [2.45, 2.75) is 33.7 Å². The van der Waals surface area contributed by atoms with E-state index >= 15 is 0 Å². The van der Waals surface area contributed by atoms with Gasteiger partial charge in [0, 0.05) is 17.4 Å². The first-order valence-electron chi connectivity index (χ1n) is 10.9. The fourth-order valence-corrected chi connectivity index (χ4v) is 4.16. The van der Waals surface area contributed by atoms with E-state index in [2.05, 4.69) is 4.98 Å². The lowest BCUT2D eigenvalue weighted by Crippen LogP contribution is -2.30. The van der Waals surface area contributed by atoms with Crippen molar-refractivity contribution in [3.05, 3.63) is 94.3 Å². The molecule has 1 atom stereocenters. The highest BCUT2D eigenvalue weighted by molar-refractivity contribution is 6.51. The number of amides is 1. The Morgan fingerprint density at radius 1 is 1.03 bits per heavy atom. The number of carbonyl (C=O) groups excluding carboxylic acids is 2. The summed E-state index contributed by atoms with van der Waals surface area (Å²) in [6.07, 6.45) is 1.61. The number of anilines is 1. The van der Waals surface area contributed by atoms with Crippen LogP contribution in [0.5, 0.6) is 5.75 Å². The summed E-state index contributed by atoms with van der Waals surface area (Å²) in [4.78, 5) is 32.4. The Kier molecular flexibility index (Phi) is 6.01. The largest absolute Gasteiger partial charge is 0.507 e. The van der Waals surface area contributed by atoms with Crippen molar-refractivity contribution in [2.24, 2.45) is 0 Å². The minimum atomic E-state index is -0.849. The second-order valence-corrected chi connectivity index (χ2v) is 8.06. The van der Waals surface area contributed by atoms with Gasteiger partial charge in [-0.25, -0.2) is 0 Å². The maximum absolute atomic E-state index is 13.3. The standard InChI is InChI=1S/C27H26N2O4/c1-5-33-22-13-12-19(15-17(22)3)25(30)23-24(20-10-6-7-14-28-20)29(27(32)26(23)31)21-11-8-9-16(2)18(21)4/h6-15,24,30H,5H2,1-4H3/b25-23+. The minimum absolute atomic E-state index is 0.0168. The zero-order chi connectivity index (χ0) is 23.7. The molecule has 1 aliphatic heterocycles. The van der Waals surface area contributed by atoms with Crippen molar-refractivity contribution in [1.29, 1.82) is 0 Å². The van der Waals surface area contributed by atoms with E-state index < -0.39 is 17.7 Å². The lowest BCUT2D eigenvalue weighted by molar-refractivity contribution is -0.132. The third-order valence-corrected chi connectivity index (χ3v) is 6.00. The molecule has 0 bridgehead atoms. The molecule has 6 heteroatoms. The van der Waals surface area contributed by atoms with E-state index in [0.29, 0.717) is 29.3 Å². The monoisotopic (exact) mass is 442 g/mol. The van der Waals surface area contributed by atoms with Crippen molar-refractivity contribution in [3.63, 3.8) is 0 Å². The van der Waals surface area contributed by atoms with Crippen molar-refractivity contribution >= 4 is 23.1 Å². The number of aliphatic hydroxyl groups excluding tert-OH is 1. The van der Waals surface area contributed by atoms with Gasteiger partial charge in [0.05, 0.1) is 17.9 Å². The molecule has 0 aliphatic carbocycles. The summed E-state index contributed by atoms with van der Waals surface area (Å²) in [5.74, 6) is -0.965. The molecule has 4 rings (SSSR count). The molecule has 0 radical (unpaired) electrons. The topological polar surface area (TPSA) is 79.7 Å². The van der Waals surface area contributed by atoms with E-state index in [1.807, 2.05) is 45.9 Å². The van der Waals surface area contributed by atoms with Crippen LogP contribution in [0.25, 0.3) is 5.76 Å². The number of pyridine rings is 1. The molecule has 1 unspecified atom stereocenters. The quantitative estimate of drug-likeness (QED) is 0.341. The predicted octanol–water partition coefficient (Wildman–Crippen LogP) is 5.03. The second-order valence-electron chi connectivity index (χ2n) is 8.06. The number of ether oxygens (including phenoxy) is 1. The number of ketones is 1. The Morgan fingerprint density at radius 3 is 2.48 bits per heavy atom. The SMILES string of the molecule is CCOc1ccc(/C(O)=C2\C(=O)C(=O)N(c3cccc(C)c3C)C2c2ccccn2)cc1C. The van der Waals surface area contributed by atoms with Gasteiger partial charge in [-0.2, -0.15) is 0 Å². The van der Waals surface area contributed by atoms with E-state index in [-0.39, 0.29) is 11.3 Å². The zero-order valence-electron chi connectivity index (χ0n) is 19.1. The van der Waals surface area contributed by atoms with Gasteiger partial charge in [0.1, 0.15) is 17.6 Å². The van der Waals surface area contributed by atoms with Gasteiger partial charge in [0.15, 0.2) is 0 Å². The van der Waals surface area contributed by atoms with Gasteiger partial charge in [-0.3, -0.25) is 19.5 Å². The number of hydrogen-bond donors (Lipinski definition) is 1. The number of aryl methyl sites for hydroxylation is 2. The fraction of sp³-hybridized carbons (Fsp3) is 0.222. The number of carbonyl (C=O) groups is 2. The Balaban J connectivity index is 1.93. The molecular formula is C27H26N2O4. The molecule has 168 valence electrons. The first kappa shape index (κ1) is 22.3. The van der Waals surface area contributed by atoms with E-state index in [0.717, 1.165) is 16.7 Å². The van der Waals surface area contributed by atoms with Gasteiger partial charge in [-0.15, -0.1) is 0 Å². The molecule has 2 aromatic carbocycles. The third-order valence-electron chi connectivity index (χ3n) is 6.00. The first-order valence-corrected chi connectivity index (χ1v) is 10.9. The molecule has 3 aromatic rings. The molecule has 1 saturated heterocycles. The lowest BCUT2D eigenvalue weighted by Gasteiger charge is -2.26. The van der Waals surface area contributed by atoms with Crippen molar-refractivity contribution in [1.82, 2.24) is 4.98 Å². The Bertz CT molecular complexity index is 1260. The summed E-state index contributed by atoms with van der Waals surface area (Å²) >= 11 is 0. The number of aromatic nitrogens is 1. The van der Waals surface area contributed by atoms with Crippen LogP contribution < -0.4 is 9.64 Å². The normalized spacial score (nSPS) is 17.5. The maximum Gasteiger partial charge on any atom is 0.300 e. The van der Waals surface area contributed by atoms with Crippen LogP contribution in [0.15, 0.2) is 66.4 Å². The van der Waals surface area contributed by atoms with Crippen LogP contribution in [0, 0.1) is 20.8 Å². The number of nitrogens with zero attached hydrogens (tertiary/aromatic N) is 2. The molecule has 1 fully saturated rings. The second kappa shape index (κ2) is 8.90. The van der Waals surface area contributed by atoms with Gasteiger partial charge < -0.3 is 9.84 Å². The van der Waals surface area contributed by atoms with Crippen LogP contribution in [0.4, 0.5) is 5.69 Å². The maximum atomic E-state index is 13.3. The van der Waals surface area contributed by atoms with E-state index in [4.69, 9.17) is 4.74 Å². The predicted molar refractivity (Wildman–Crippen MR) is 127 cm³/mol. The molecule has 1 aromatic heterocycles.